The molecule has 1 aromatic heterocycles. The number of H-pyrrole nitrogens is 1. The molecule has 2 aliphatic rings. The van der Waals surface area contributed by atoms with Crippen molar-refractivity contribution < 1.29 is 8.42 Å². The lowest BCUT2D eigenvalue weighted by atomic mass is 9.94. The molecule has 1 aromatic rings. The number of rotatable bonds is 2. The Balaban J connectivity index is 1.86. The van der Waals surface area contributed by atoms with E-state index in [4.69, 9.17) is 0 Å². The highest BCUT2D eigenvalue weighted by Crippen LogP contribution is 2.29. The van der Waals surface area contributed by atoms with E-state index in [9.17, 15) is 8.42 Å². The molecular weight excluding hydrogens is 252 g/mol. The third kappa shape index (κ3) is 1.86. The fourth-order valence-corrected chi connectivity index (χ4v) is 4.58. The van der Waals surface area contributed by atoms with Crippen molar-refractivity contribution in [2.45, 2.75) is 30.7 Å². The normalized spacial score (nSPS) is 29.4. The number of hydrogen-bond acceptors (Lipinski definition) is 4. The second-order valence-electron chi connectivity index (χ2n) is 5.14. The molecular formula is C11H18N4O2S. The molecule has 0 aromatic carbocycles. The van der Waals surface area contributed by atoms with E-state index in [0.29, 0.717) is 35.6 Å². The molecule has 0 bridgehead atoms. The van der Waals surface area contributed by atoms with Gasteiger partial charge in [-0.3, -0.25) is 5.10 Å². The van der Waals surface area contributed by atoms with Gasteiger partial charge >= 0.3 is 0 Å². The number of hydrogen-bond donors (Lipinski definition) is 2. The summed E-state index contributed by atoms with van der Waals surface area (Å²) >= 11 is 0. The zero-order valence-electron chi connectivity index (χ0n) is 10.4. The van der Waals surface area contributed by atoms with Crippen LogP contribution in [0.25, 0.3) is 0 Å². The Bertz CT molecular complexity index is 525. The second kappa shape index (κ2) is 4.32. The van der Waals surface area contributed by atoms with Crippen LogP contribution in [0.15, 0.2) is 11.1 Å². The first kappa shape index (κ1) is 12.1. The number of piperidine rings is 1. The topological polar surface area (TPSA) is 78.1 Å². The molecule has 100 valence electrons. The molecule has 2 saturated heterocycles. The number of fused-ring (bicyclic) bond motifs is 1. The molecule has 0 aliphatic carbocycles. The maximum Gasteiger partial charge on any atom is 0.246 e. The fraction of sp³-hybridized carbons (Fsp3) is 0.727. The van der Waals surface area contributed by atoms with Gasteiger partial charge in [-0.15, -0.1) is 0 Å². The minimum atomic E-state index is -3.38. The van der Waals surface area contributed by atoms with Crippen LogP contribution in [-0.4, -0.2) is 48.6 Å². The second-order valence-corrected chi connectivity index (χ2v) is 7.05. The van der Waals surface area contributed by atoms with Crippen molar-refractivity contribution in [1.29, 1.82) is 0 Å². The van der Waals surface area contributed by atoms with Crippen LogP contribution in [0.5, 0.6) is 0 Å². The molecule has 18 heavy (non-hydrogen) atoms. The summed E-state index contributed by atoms with van der Waals surface area (Å²) < 4.78 is 26.6. The van der Waals surface area contributed by atoms with Crippen LogP contribution in [0.1, 0.15) is 18.5 Å². The zero-order valence-corrected chi connectivity index (χ0v) is 11.2. The summed E-state index contributed by atoms with van der Waals surface area (Å²) in [5, 5.41) is 9.91. The van der Waals surface area contributed by atoms with Crippen LogP contribution in [-0.2, 0) is 10.0 Å². The molecule has 2 aliphatic heterocycles. The van der Waals surface area contributed by atoms with E-state index in [2.05, 4.69) is 15.5 Å². The Morgan fingerprint density at radius 3 is 2.94 bits per heavy atom. The molecule has 2 N–H and O–H groups in total. The number of nitrogens with zero attached hydrogens (tertiary/aromatic N) is 2. The van der Waals surface area contributed by atoms with Crippen molar-refractivity contribution in [2.24, 2.45) is 5.92 Å². The molecule has 2 atom stereocenters. The maximum absolute atomic E-state index is 12.5. The van der Waals surface area contributed by atoms with E-state index in [1.807, 2.05) is 0 Å². The van der Waals surface area contributed by atoms with Gasteiger partial charge < -0.3 is 5.32 Å². The quantitative estimate of drug-likeness (QED) is 0.798. The summed E-state index contributed by atoms with van der Waals surface area (Å²) in [6.45, 7) is 3.95. The minimum Gasteiger partial charge on any atom is -0.312 e. The molecule has 0 radical (unpaired) electrons. The van der Waals surface area contributed by atoms with Crippen molar-refractivity contribution in [2.75, 3.05) is 19.6 Å². The molecule has 7 heteroatoms. The highest BCUT2D eigenvalue weighted by atomic mass is 32.2. The van der Waals surface area contributed by atoms with E-state index < -0.39 is 10.0 Å². The maximum atomic E-state index is 12.5. The van der Waals surface area contributed by atoms with E-state index in [1.54, 1.807) is 11.2 Å². The van der Waals surface area contributed by atoms with Gasteiger partial charge in [0.2, 0.25) is 10.0 Å². The van der Waals surface area contributed by atoms with Gasteiger partial charge in [-0.2, -0.15) is 9.40 Å². The minimum absolute atomic E-state index is 0.307. The van der Waals surface area contributed by atoms with Gasteiger partial charge in [0.25, 0.3) is 0 Å². The lowest BCUT2D eigenvalue weighted by Gasteiger charge is -2.24. The van der Waals surface area contributed by atoms with Crippen molar-refractivity contribution in [3.05, 3.63) is 11.9 Å². The number of nitrogens with one attached hydrogen (secondary N) is 2. The van der Waals surface area contributed by atoms with E-state index in [1.165, 1.54) is 6.20 Å². The summed E-state index contributed by atoms with van der Waals surface area (Å²) in [5.41, 5.74) is 0.609. The molecule has 2 fully saturated rings. The third-order valence-electron chi connectivity index (χ3n) is 3.97. The van der Waals surface area contributed by atoms with Crippen LogP contribution in [0.3, 0.4) is 0 Å². The van der Waals surface area contributed by atoms with Gasteiger partial charge in [-0.1, -0.05) is 0 Å². The molecule has 0 unspecified atom stereocenters. The lowest BCUT2D eigenvalue weighted by molar-refractivity contribution is 0.339. The van der Waals surface area contributed by atoms with E-state index in [0.717, 1.165) is 19.4 Å². The summed E-state index contributed by atoms with van der Waals surface area (Å²) in [6, 6.07) is 0.320. The van der Waals surface area contributed by atoms with Crippen LogP contribution >= 0.6 is 0 Å². The lowest BCUT2D eigenvalue weighted by Crippen LogP contribution is -2.41. The van der Waals surface area contributed by atoms with Gasteiger partial charge in [0.1, 0.15) is 4.90 Å². The Morgan fingerprint density at radius 1 is 1.44 bits per heavy atom. The Labute approximate surface area is 107 Å². The smallest absolute Gasteiger partial charge is 0.246 e. The monoisotopic (exact) mass is 270 g/mol. The van der Waals surface area contributed by atoms with Gasteiger partial charge in [0.15, 0.2) is 0 Å². The van der Waals surface area contributed by atoms with E-state index in [-0.39, 0.29) is 0 Å². The standard InChI is InChI=1S/C11H18N4O2S/c1-8-11(5-13-14-8)18(16,17)15-6-9-3-2-4-12-10(9)7-15/h5,9-10,12H,2-4,6-7H2,1H3,(H,13,14)/t9-,10+/m0/s1. The zero-order chi connectivity index (χ0) is 12.8. The largest absolute Gasteiger partial charge is 0.312 e. The molecule has 6 nitrogen and oxygen atoms in total. The predicted octanol–water partition coefficient (Wildman–Crippen LogP) is 0.0906. The van der Waals surface area contributed by atoms with Gasteiger partial charge in [0, 0.05) is 19.1 Å². The van der Waals surface area contributed by atoms with Crippen LogP contribution < -0.4 is 5.32 Å². The first-order chi connectivity index (χ1) is 8.59. The molecule has 3 rings (SSSR count). The third-order valence-corrected chi connectivity index (χ3v) is 5.91. The summed E-state index contributed by atoms with van der Waals surface area (Å²) in [6.07, 6.45) is 3.66. The summed E-state index contributed by atoms with van der Waals surface area (Å²) in [4.78, 5) is 0.307. The molecule has 3 heterocycles. The van der Waals surface area contributed by atoms with Crippen molar-refractivity contribution in [1.82, 2.24) is 19.8 Å². The van der Waals surface area contributed by atoms with E-state index >= 15 is 0 Å². The SMILES string of the molecule is Cc1[nH]ncc1S(=O)(=O)N1C[C@@H]2CCCN[C@@H]2C1. The highest BCUT2D eigenvalue weighted by Gasteiger charge is 2.40. The average Bonchev–Trinajstić information content (AvgIpc) is 2.94. The summed E-state index contributed by atoms with van der Waals surface area (Å²) in [7, 11) is -3.38. The Morgan fingerprint density at radius 2 is 2.28 bits per heavy atom. The number of aromatic amines is 1. The average molecular weight is 270 g/mol. The Hall–Kier alpha value is -0.920. The summed E-state index contributed by atoms with van der Waals surface area (Å²) in [5.74, 6) is 0.459. The molecule has 0 spiro atoms. The van der Waals surface area contributed by atoms with Crippen molar-refractivity contribution >= 4 is 10.0 Å². The molecule has 0 amide bonds. The Kier molecular flexibility index (Phi) is 2.91. The number of aryl methyl sites for hydroxylation is 1. The number of aromatic nitrogens is 2. The predicted molar refractivity (Wildman–Crippen MR) is 66.6 cm³/mol. The number of sulfonamides is 1. The van der Waals surface area contributed by atoms with Crippen LogP contribution in [0.4, 0.5) is 0 Å². The van der Waals surface area contributed by atoms with Crippen LogP contribution in [0, 0.1) is 12.8 Å². The first-order valence-corrected chi connectivity index (χ1v) is 7.76. The fourth-order valence-electron chi connectivity index (χ4n) is 2.94. The van der Waals surface area contributed by atoms with Gasteiger partial charge in [-0.05, 0) is 32.2 Å². The molecule has 0 saturated carbocycles. The van der Waals surface area contributed by atoms with Crippen LogP contribution in [0.2, 0.25) is 0 Å². The van der Waals surface area contributed by atoms with Gasteiger partial charge in [-0.25, -0.2) is 8.42 Å². The van der Waals surface area contributed by atoms with Gasteiger partial charge in [0.05, 0.1) is 11.9 Å². The first-order valence-electron chi connectivity index (χ1n) is 6.32. The van der Waals surface area contributed by atoms with Crippen molar-refractivity contribution in [3.63, 3.8) is 0 Å². The highest BCUT2D eigenvalue weighted by molar-refractivity contribution is 7.89. The van der Waals surface area contributed by atoms with Crippen molar-refractivity contribution in [3.8, 4) is 0 Å².